The minimum atomic E-state index is -0.721. The number of hydrogen-bond acceptors (Lipinski definition) is 5. The van der Waals surface area contributed by atoms with Gasteiger partial charge in [-0.15, -0.1) is 0 Å². The number of carbonyl (C=O) groups excluding carboxylic acids is 1. The first-order chi connectivity index (χ1) is 22.8. The normalized spacial score (nSPS) is 11.2. The Kier molecular flexibility index (Phi) is 8.62. The van der Waals surface area contributed by atoms with Gasteiger partial charge in [-0.2, -0.15) is 10.4 Å². The van der Waals surface area contributed by atoms with Crippen LogP contribution in [-0.4, -0.2) is 25.1 Å². The Morgan fingerprint density at radius 2 is 1.57 bits per heavy atom. The summed E-state index contributed by atoms with van der Waals surface area (Å²) in [5, 5.41) is 17.5. The van der Waals surface area contributed by atoms with Gasteiger partial charge in [0, 0.05) is 24.4 Å². The number of hydrogen-bond donors (Lipinski definition) is 1. The molecule has 9 nitrogen and oxygen atoms in total. The van der Waals surface area contributed by atoms with Gasteiger partial charge in [0.2, 0.25) is 0 Å². The molecule has 0 aliphatic heterocycles. The molecule has 1 amide bonds. The number of anilines is 1. The van der Waals surface area contributed by atoms with Gasteiger partial charge in [0.15, 0.2) is 0 Å². The van der Waals surface area contributed by atoms with E-state index in [-0.39, 0.29) is 23.7 Å². The van der Waals surface area contributed by atoms with Gasteiger partial charge in [-0.05, 0) is 79.2 Å². The summed E-state index contributed by atoms with van der Waals surface area (Å²) in [7, 11) is 1.73. The zero-order valence-electron chi connectivity index (χ0n) is 25.6. The maximum Gasteiger partial charge on any atom is 0.295 e. The third-order valence-electron chi connectivity index (χ3n) is 7.67. The first kappa shape index (κ1) is 30.6. The van der Waals surface area contributed by atoms with Crippen molar-refractivity contribution in [2.45, 2.75) is 13.5 Å². The molecule has 4 aromatic carbocycles. The quantitative estimate of drug-likeness (QED) is 0.144. The molecular weight excluding hydrogens is 595 g/mol. The lowest BCUT2D eigenvalue weighted by atomic mass is 10.1. The number of ether oxygens (including phenoxy) is 1. The highest BCUT2D eigenvalue weighted by Gasteiger charge is 2.21. The molecule has 0 unspecified atom stereocenters. The van der Waals surface area contributed by atoms with E-state index in [0.717, 1.165) is 16.8 Å². The topological polar surface area (TPSA) is 107 Å². The van der Waals surface area contributed by atoms with E-state index in [1.807, 2.05) is 66.7 Å². The van der Waals surface area contributed by atoms with E-state index < -0.39 is 11.5 Å². The molecule has 0 fully saturated rings. The fraction of sp³-hybridized carbons (Fsp3) is 0.0811. The van der Waals surface area contributed by atoms with Crippen LogP contribution in [0.3, 0.4) is 0 Å². The van der Waals surface area contributed by atoms with Gasteiger partial charge in [-0.1, -0.05) is 48.5 Å². The van der Waals surface area contributed by atoms with Crippen LogP contribution < -0.4 is 15.6 Å². The smallest absolute Gasteiger partial charge is 0.295 e. The molecule has 0 spiro atoms. The van der Waals surface area contributed by atoms with Crippen molar-refractivity contribution in [2.24, 2.45) is 7.05 Å². The Hall–Kier alpha value is -6.47. The zero-order chi connectivity index (χ0) is 32.9. The molecule has 0 saturated heterocycles. The van der Waals surface area contributed by atoms with E-state index in [4.69, 9.17) is 9.84 Å². The summed E-state index contributed by atoms with van der Waals surface area (Å²) >= 11 is 0. The Bertz CT molecular complexity index is 2170. The average Bonchev–Trinajstić information content (AvgIpc) is 3.62. The van der Waals surface area contributed by atoms with Crippen molar-refractivity contribution in [1.29, 1.82) is 5.26 Å². The Morgan fingerprint density at radius 3 is 2.21 bits per heavy atom. The molecule has 47 heavy (non-hydrogen) atoms. The third-order valence-corrected chi connectivity index (χ3v) is 7.67. The number of para-hydroxylation sites is 2. The molecular formula is C37H29FN6O3. The van der Waals surface area contributed by atoms with Crippen LogP contribution in [0.15, 0.2) is 126 Å². The van der Waals surface area contributed by atoms with Crippen molar-refractivity contribution < 1.29 is 13.9 Å². The SMILES string of the molecule is Cc1c(NC(=O)/C(C#N)=C/c2cn(-c3ccccc3)nc2-c2ccc(OCc3ccc(F)cc3)cc2)c(=O)n(-c2ccccc2)n1C. The van der Waals surface area contributed by atoms with Crippen LogP contribution in [-0.2, 0) is 18.4 Å². The number of benzene rings is 4. The van der Waals surface area contributed by atoms with E-state index >= 15 is 0 Å². The van der Waals surface area contributed by atoms with Crippen LogP contribution in [0.4, 0.5) is 10.1 Å². The number of nitrogens with one attached hydrogen (secondary N) is 1. The molecule has 6 rings (SSSR count). The molecule has 0 radical (unpaired) electrons. The molecule has 2 aromatic heterocycles. The maximum atomic E-state index is 13.5. The molecule has 0 aliphatic rings. The fourth-order valence-corrected chi connectivity index (χ4v) is 5.08. The van der Waals surface area contributed by atoms with E-state index in [1.165, 1.54) is 22.9 Å². The van der Waals surface area contributed by atoms with Crippen molar-refractivity contribution in [3.8, 4) is 34.5 Å². The van der Waals surface area contributed by atoms with E-state index in [0.29, 0.717) is 28.4 Å². The van der Waals surface area contributed by atoms with Gasteiger partial charge in [0.25, 0.3) is 11.5 Å². The highest BCUT2D eigenvalue weighted by atomic mass is 19.1. The van der Waals surface area contributed by atoms with Crippen LogP contribution in [0, 0.1) is 24.1 Å². The maximum absolute atomic E-state index is 13.5. The van der Waals surface area contributed by atoms with Crippen LogP contribution in [0.5, 0.6) is 5.75 Å². The standard InChI is InChI=1S/C37H29FN6O3/c1-25-34(37(46)44(42(25)2)32-11-7-4-8-12-32)40-36(45)28(22-39)21-29-23-43(31-9-5-3-6-10-31)41-35(29)27-15-19-33(20-16-27)47-24-26-13-17-30(38)18-14-26/h3-21,23H,24H2,1-2H3,(H,40,45)/b28-21+. The van der Waals surface area contributed by atoms with Crippen LogP contribution in [0.2, 0.25) is 0 Å². The first-order valence-corrected chi connectivity index (χ1v) is 14.7. The lowest BCUT2D eigenvalue weighted by Gasteiger charge is -2.07. The second-order valence-electron chi connectivity index (χ2n) is 10.7. The summed E-state index contributed by atoms with van der Waals surface area (Å²) < 4.78 is 23.9. The summed E-state index contributed by atoms with van der Waals surface area (Å²) in [5.41, 5.74) is 4.03. The van der Waals surface area contributed by atoms with Crippen molar-refractivity contribution >= 4 is 17.7 Å². The highest BCUT2D eigenvalue weighted by Crippen LogP contribution is 2.28. The molecule has 232 valence electrons. The van der Waals surface area contributed by atoms with Crippen LogP contribution >= 0.6 is 0 Å². The van der Waals surface area contributed by atoms with Gasteiger partial charge in [-0.3, -0.25) is 14.3 Å². The molecule has 10 heteroatoms. The summed E-state index contributed by atoms with van der Waals surface area (Å²) in [4.78, 5) is 26.8. The third kappa shape index (κ3) is 6.50. The van der Waals surface area contributed by atoms with Crippen LogP contribution in [0.25, 0.3) is 28.7 Å². The minimum absolute atomic E-state index is 0.0823. The van der Waals surface area contributed by atoms with Crippen molar-refractivity contribution in [1.82, 2.24) is 19.1 Å². The summed E-state index contributed by atoms with van der Waals surface area (Å²) in [6, 6.07) is 33.9. The summed E-state index contributed by atoms with van der Waals surface area (Å²) in [6.07, 6.45) is 3.20. The monoisotopic (exact) mass is 624 g/mol. The number of aromatic nitrogens is 4. The number of nitriles is 1. The van der Waals surface area contributed by atoms with E-state index in [2.05, 4.69) is 5.32 Å². The lowest BCUT2D eigenvalue weighted by molar-refractivity contribution is -0.112. The molecule has 2 heterocycles. The molecule has 0 aliphatic carbocycles. The Morgan fingerprint density at radius 1 is 0.936 bits per heavy atom. The fourth-order valence-electron chi connectivity index (χ4n) is 5.08. The lowest BCUT2D eigenvalue weighted by Crippen LogP contribution is -2.23. The summed E-state index contributed by atoms with van der Waals surface area (Å²) in [6.45, 7) is 2.00. The number of carbonyl (C=O) groups is 1. The molecule has 0 saturated carbocycles. The van der Waals surface area contributed by atoms with E-state index in [1.54, 1.807) is 65.9 Å². The Labute approximate surface area is 270 Å². The largest absolute Gasteiger partial charge is 0.489 e. The number of halogens is 1. The zero-order valence-corrected chi connectivity index (χ0v) is 25.6. The van der Waals surface area contributed by atoms with Gasteiger partial charge in [-0.25, -0.2) is 13.8 Å². The highest BCUT2D eigenvalue weighted by molar-refractivity contribution is 6.10. The molecule has 6 aromatic rings. The number of amides is 1. The number of nitrogens with zero attached hydrogens (tertiary/aromatic N) is 5. The average molecular weight is 625 g/mol. The van der Waals surface area contributed by atoms with Crippen molar-refractivity contribution in [2.75, 3.05) is 5.32 Å². The predicted octanol–water partition coefficient (Wildman–Crippen LogP) is 6.60. The van der Waals surface area contributed by atoms with Crippen molar-refractivity contribution in [3.63, 3.8) is 0 Å². The number of rotatable bonds is 9. The predicted molar refractivity (Wildman–Crippen MR) is 178 cm³/mol. The van der Waals surface area contributed by atoms with Crippen LogP contribution in [0.1, 0.15) is 16.8 Å². The Balaban J connectivity index is 1.31. The first-order valence-electron chi connectivity index (χ1n) is 14.7. The molecule has 0 atom stereocenters. The second-order valence-corrected chi connectivity index (χ2v) is 10.7. The van der Waals surface area contributed by atoms with Gasteiger partial charge in [0.1, 0.15) is 35.5 Å². The van der Waals surface area contributed by atoms with Gasteiger partial charge < -0.3 is 10.1 Å². The van der Waals surface area contributed by atoms with Gasteiger partial charge in [0.05, 0.1) is 22.8 Å². The summed E-state index contributed by atoms with van der Waals surface area (Å²) in [5.74, 6) is -0.424. The second kappa shape index (κ2) is 13.3. The minimum Gasteiger partial charge on any atom is -0.489 e. The van der Waals surface area contributed by atoms with Crippen molar-refractivity contribution in [3.05, 3.63) is 154 Å². The van der Waals surface area contributed by atoms with E-state index in [9.17, 15) is 19.2 Å². The molecule has 1 N–H and O–H groups in total. The van der Waals surface area contributed by atoms with Gasteiger partial charge >= 0.3 is 0 Å². The molecule has 0 bridgehead atoms.